The van der Waals surface area contributed by atoms with E-state index in [-0.39, 0.29) is 5.11 Å². The minimum absolute atomic E-state index is 0.116. The minimum Gasteiger partial charge on any atom is -0.490 e. The summed E-state index contributed by atoms with van der Waals surface area (Å²) in [6.07, 6.45) is 1.61. The Morgan fingerprint density at radius 3 is 2.62 bits per heavy atom. The molecular weight excluding hydrogens is 390 g/mol. The number of ether oxygens (including phenoxy) is 2. The van der Waals surface area contributed by atoms with E-state index >= 15 is 0 Å². The van der Waals surface area contributed by atoms with Crippen LogP contribution in [0.4, 0.5) is 0 Å². The third kappa shape index (κ3) is 5.82. The molecule has 7 heteroatoms. The highest BCUT2D eigenvalue weighted by Gasteiger charge is 2.06. The summed E-state index contributed by atoms with van der Waals surface area (Å²) in [6, 6.07) is 13.6. The van der Waals surface area contributed by atoms with Crippen LogP contribution in [0.1, 0.15) is 18.1 Å². The molecule has 0 bridgehead atoms. The lowest BCUT2D eigenvalue weighted by Gasteiger charge is -2.12. The zero-order valence-electron chi connectivity index (χ0n) is 13.2. The molecule has 24 heavy (non-hydrogen) atoms. The summed E-state index contributed by atoms with van der Waals surface area (Å²) in [7, 11) is 0. The summed E-state index contributed by atoms with van der Waals surface area (Å²) < 4.78 is 12.6. The zero-order valence-corrected chi connectivity index (χ0v) is 15.6. The van der Waals surface area contributed by atoms with Gasteiger partial charge in [-0.1, -0.05) is 28.1 Å². The first-order valence-electron chi connectivity index (χ1n) is 7.31. The number of hydrazone groups is 1. The second kappa shape index (κ2) is 9.24. The number of nitrogens with zero attached hydrogens (tertiary/aromatic N) is 1. The number of nitrogens with two attached hydrogens (primary N) is 1. The highest BCUT2D eigenvalue weighted by Crippen LogP contribution is 2.29. The van der Waals surface area contributed by atoms with Crippen molar-refractivity contribution in [3.8, 4) is 11.5 Å². The van der Waals surface area contributed by atoms with Crippen LogP contribution < -0.4 is 20.6 Å². The van der Waals surface area contributed by atoms with Crippen LogP contribution in [0.25, 0.3) is 0 Å². The molecule has 0 amide bonds. The van der Waals surface area contributed by atoms with Crippen LogP contribution in [0.2, 0.25) is 0 Å². The number of rotatable bonds is 7. The van der Waals surface area contributed by atoms with E-state index in [0.29, 0.717) is 24.7 Å². The van der Waals surface area contributed by atoms with Crippen molar-refractivity contribution in [1.29, 1.82) is 0 Å². The Bertz CT molecular complexity index is 720. The Morgan fingerprint density at radius 1 is 1.21 bits per heavy atom. The number of hydrogen-bond donors (Lipinski definition) is 2. The fourth-order valence-corrected chi connectivity index (χ4v) is 2.22. The van der Waals surface area contributed by atoms with Crippen molar-refractivity contribution in [2.45, 2.75) is 13.5 Å². The van der Waals surface area contributed by atoms with Crippen LogP contribution in [-0.4, -0.2) is 17.9 Å². The van der Waals surface area contributed by atoms with Crippen molar-refractivity contribution in [3.63, 3.8) is 0 Å². The normalized spacial score (nSPS) is 10.6. The second-order valence-corrected chi connectivity index (χ2v) is 6.14. The maximum atomic E-state index is 5.87. The summed E-state index contributed by atoms with van der Waals surface area (Å²) in [5, 5.41) is 4.05. The molecule has 0 aliphatic rings. The van der Waals surface area contributed by atoms with Gasteiger partial charge < -0.3 is 15.2 Å². The van der Waals surface area contributed by atoms with Gasteiger partial charge in [-0.25, -0.2) is 0 Å². The van der Waals surface area contributed by atoms with Crippen LogP contribution in [0.15, 0.2) is 52.0 Å². The lowest BCUT2D eigenvalue weighted by Crippen LogP contribution is -2.23. The third-order valence-electron chi connectivity index (χ3n) is 2.96. The molecule has 0 saturated heterocycles. The van der Waals surface area contributed by atoms with Crippen molar-refractivity contribution in [2.75, 3.05) is 6.61 Å². The molecule has 0 aromatic heterocycles. The molecule has 0 saturated carbocycles. The van der Waals surface area contributed by atoms with Gasteiger partial charge in [0.1, 0.15) is 6.61 Å². The molecule has 3 N–H and O–H groups in total. The molecule has 0 fully saturated rings. The van der Waals surface area contributed by atoms with Crippen LogP contribution >= 0.6 is 28.1 Å². The molecule has 2 aromatic carbocycles. The van der Waals surface area contributed by atoms with Gasteiger partial charge >= 0.3 is 0 Å². The van der Waals surface area contributed by atoms with Crippen molar-refractivity contribution < 1.29 is 9.47 Å². The fraction of sp³-hybridized carbons (Fsp3) is 0.176. The number of benzene rings is 2. The molecule has 0 spiro atoms. The zero-order chi connectivity index (χ0) is 17.4. The Labute approximate surface area is 155 Å². The largest absolute Gasteiger partial charge is 0.490 e. The quantitative estimate of drug-likeness (QED) is 0.416. The Hall–Kier alpha value is -2.12. The van der Waals surface area contributed by atoms with Crippen molar-refractivity contribution >= 4 is 39.5 Å². The fourth-order valence-electron chi connectivity index (χ4n) is 1.90. The van der Waals surface area contributed by atoms with Gasteiger partial charge in [-0.3, -0.25) is 5.43 Å². The molecule has 0 unspecified atom stereocenters. The van der Waals surface area contributed by atoms with E-state index in [1.54, 1.807) is 6.21 Å². The average molecular weight is 408 g/mol. The van der Waals surface area contributed by atoms with Gasteiger partial charge in [0.25, 0.3) is 0 Å². The molecular formula is C17H18BrN3O2S. The SMILES string of the molecule is CCOc1cc(/C=N/NC(N)=S)ccc1OCc1ccc(Br)cc1. The van der Waals surface area contributed by atoms with E-state index in [1.807, 2.05) is 49.4 Å². The number of halogens is 1. The Balaban J connectivity index is 2.09. The van der Waals surface area contributed by atoms with Gasteiger partial charge in [0, 0.05) is 4.47 Å². The molecule has 5 nitrogen and oxygen atoms in total. The molecule has 0 aliphatic carbocycles. The summed E-state index contributed by atoms with van der Waals surface area (Å²) in [6.45, 7) is 2.93. The van der Waals surface area contributed by atoms with E-state index in [2.05, 4.69) is 26.5 Å². The highest BCUT2D eigenvalue weighted by molar-refractivity contribution is 9.10. The van der Waals surface area contributed by atoms with Gasteiger partial charge in [0.15, 0.2) is 16.6 Å². The van der Waals surface area contributed by atoms with Gasteiger partial charge in [-0.2, -0.15) is 5.10 Å². The summed E-state index contributed by atoms with van der Waals surface area (Å²) in [4.78, 5) is 0. The van der Waals surface area contributed by atoms with Crippen LogP contribution in [-0.2, 0) is 6.61 Å². The first-order chi connectivity index (χ1) is 11.6. The highest BCUT2D eigenvalue weighted by atomic mass is 79.9. The molecule has 126 valence electrons. The maximum absolute atomic E-state index is 5.87. The smallest absolute Gasteiger partial charge is 0.184 e. The molecule has 0 heterocycles. The molecule has 0 aliphatic heterocycles. The van der Waals surface area contributed by atoms with Gasteiger partial charge in [0.05, 0.1) is 12.8 Å². The van der Waals surface area contributed by atoms with Crippen LogP contribution in [0.3, 0.4) is 0 Å². The van der Waals surface area contributed by atoms with Crippen molar-refractivity contribution in [3.05, 3.63) is 58.1 Å². The first-order valence-corrected chi connectivity index (χ1v) is 8.51. The van der Waals surface area contributed by atoms with Gasteiger partial charge in [-0.05, 0) is 60.6 Å². The topological polar surface area (TPSA) is 68.9 Å². The number of thiocarbonyl (C=S) groups is 1. The lowest BCUT2D eigenvalue weighted by atomic mass is 10.2. The van der Waals surface area contributed by atoms with E-state index in [0.717, 1.165) is 15.6 Å². The minimum atomic E-state index is 0.116. The second-order valence-electron chi connectivity index (χ2n) is 4.79. The Kier molecular flexibility index (Phi) is 7.02. The summed E-state index contributed by atoms with van der Waals surface area (Å²) in [5.74, 6) is 1.34. The van der Waals surface area contributed by atoms with E-state index in [1.165, 1.54) is 0 Å². The van der Waals surface area contributed by atoms with Gasteiger partial charge in [0.2, 0.25) is 0 Å². The molecule has 2 rings (SSSR count). The van der Waals surface area contributed by atoms with Crippen LogP contribution in [0.5, 0.6) is 11.5 Å². The average Bonchev–Trinajstić information content (AvgIpc) is 2.55. The monoisotopic (exact) mass is 407 g/mol. The van der Waals surface area contributed by atoms with E-state index < -0.39 is 0 Å². The lowest BCUT2D eigenvalue weighted by molar-refractivity contribution is 0.269. The molecule has 0 atom stereocenters. The number of nitrogens with one attached hydrogen (secondary N) is 1. The van der Waals surface area contributed by atoms with Crippen molar-refractivity contribution in [2.24, 2.45) is 10.8 Å². The standard InChI is InChI=1S/C17H18BrN3O2S/c1-2-22-16-9-13(10-20-21-17(19)24)5-8-15(16)23-11-12-3-6-14(18)7-4-12/h3-10H,2,11H2,1H3,(H3,19,21,24)/b20-10+. The van der Waals surface area contributed by atoms with Gasteiger partial charge in [-0.15, -0.1) is 0 Å². The predicted molar refractivity (Wildman–Crippen MR) is 104 cm³/mol. The molecule has 0 radical (unpaired) electrons. The van der Waals surface area contributed by atoms with E-state index in [9.17, 15) is 0 Å². The Morgan fingerprint density at radius 2 is 1.96 bits per heavy atom. The number of hydrogen-bond acceptors (Lipinski definition) is 4. The molecule has 2 aromatic rings. The van der Waals surface area contributed by atoms with E-state index in [4.69, 9.17) is 27.4 Å². The maximum Gasteiger partial charge on any atom is 0.184 e. The first kappa shape index (κ1) is 18.2. The van der Waals surface area contributed by atoms with Crippen LogP contribution in [0, 0.1) is 0 Å². The summed E-state index contributed by atoms with van der Waals surface area (Å²) >= 11 is 8.11. The predicted octanol–water partition coefficient (Wildman–Crippen LogP) is 3.59. The summed E-state index contributed by atoms with van der Waals surface area (Å²) in [5.41, 5.74) is 9.76. The van der Waals surface area contributed by atoms with Crippen molar-refractivity contribution in [1.82, 2.24) is 5.43 Å². The third-order valence-corrected chi connectivity index (χ3v) is 3.58.